The standard InChI is InChI=1S/C21H24N2O3/c1-15(24)17-11-8-12-18(13-17)22-19(25)21(2,3)20(26)23(4)14-16-9-6-5-7-10-16/h5-13H,14H2,1-4H3,(H,22,25). The zero-order valence-corrected chi connectivity index (χ0v) is 15.6. The fraction of sp³-hybridized carbons (Fsp3) is 0.286. The molecule has 0 aliphatic rings. The third-order valence-electron chi connectivity index (χ3n) is 4.24. The van der Waals surface area contributed by atoms with Gasteiger partial charge in [-0.1, -0.05) is 42.5 Å². The summed E-state index contributed by atoms with van der Waals surface area (Å²) in [6, 6.07) is 16.3. The van der Waals surface area contributed by atoms with Crippen molar-refractivity contribution in [3.63, 3.8) is 0 Å². The van der Waals surface area contributed by atoms with Gasteiger partial charge in [-0.2, -0.15) is 0 Å². The van der Waals surface area contributed by atoms with Crippen LogP contribution in [0.3, 0.4) is 0 Å². The number of benzene rings is 2. The van der Waals surface area contributed by atoms with E-state index in [2.05, 4.69) is 5.32 Å². The fourth-order valence-corrected chi connectivity index (χ4v) is 2.61. The summed E-state index contributed by atoms with van der Waals surface area (Å²) < 4.78 is 0. The van der Waals surface area contributed by atoms with Gasteiger partial charge in [0.25, 0.3) is 0 Å². The lowest BCUT2D eigenvalue weighted by Gasteiger charge is -2.28. The van der Waals surface area contributed by atoms with Crippen LogP contribution in [0.15, 0.2) is 54.6 Å². The topological polar surface area (TPSA) is 66.5 Å². The van der Waals surface area contributed by atoms with Crippen molar-refractivity contribution in [1.29, 1.82) is 0 Å². The fourth-order valence-electron chi connectivity index (χ4n) is 2.61. The Morgan fingerprint density at radius 3 is 2.27 bits per heavy atom. The molecule has 0 radical (unpaired) electrons. The molecule has 0 aliphatic heterocycles. The predicted octanol–water partition coefficient (Wildman–Crippen LogP) is 3.51. The van der Waals surface area contributed by atoms with Gasteiger partial charge in [0.15, 0.2) is 5.78 Å². The summed E-state index contributed by atoms with van der Waals surface area (Å²) >= 11 is 0. The Morgan fingerprint density at radius 2 is 1.65 bits per heavy atom. The zero-order chi connectivity index (χ0) is 19.3. The minimum atomic E-state index is -1.24. The van der Waals surface area contributed by atoms with Crippen molar-refractivity contribution in [2.24, 2.45) is 5.41 Å². The average Bonchev–Trinajstić information content (AvgIpc) is 2.62. The molecule has 0 spiro atoms. The zero-order valence-electron chi connectivity index (χ0n) is 15.6. The Labute approximate surface area is 154 Å². The molecule has 1 N–H and O–H groups in total. The maximum absolute atomic E-state index is 12.8. The van der Waals surface area contributed by atoms with Crippen LogP contribution in [0.25, 0.3) is 0 Å². The van der Waals surface area contributed by atoms with E-state index in [1.165, 1.54) is 6.92 Å². The predicted molar refractivity (Wildman–Crippen MR) is 102 cm³/mol. The van der Waals surface area contributed by atoms with Crippen molar-refractivity contribution in [1.82, 2.24) is 4.90 Å². The summed E-state index contributed by atoms with van der Waals surface area (Å²) in [4.78, 5) is 38.5. The lowest BCUT2D eigenvalue weighted by Crippen LogP contribution is -2.45. The highest BCUT2D eigenvalue weighted by Gasteiger charge is 2.38. The number of carbonyl (C=O) groups excluding carboxylic acids is 3. The Kier molecular flexibility index (Phi) is 5.93. The van der Waals surface area contributed by atoms with Crippen molar-refractivity contribution < 1.29 is 14.4 Å². The number of Topliss-reactive ketones (excluding diaryl/α,β-unsaturated/α-hetero) is 1. The smallest absolute Gasteiger partial charge is 0.239 e. The third-order valence-corrected chi connectivity index (χ3v) is 4.24. The van der Waals surface area contributed by atoms with Gasteiger partial charge in [0.2, 0.25) is 11.8 Å². The number of carbonyl (C=O) groups is 3. The molecule has 2 aromatic rings. The second-order valence-corrected chi connectivity index (χ2v) is 6.86. The third kappa shape index (κ3) is 4.57. The van der Waals surface area contributed by atoms with Gasteiger partial charge in [-0.25, -0.2) is 0 Å². The summed E-state index contributed by atoms with van der Waals surface area (Å²) in [5.41, 5.74) is 0.756. The molecule has 0 saturated carbocycles. The van der Waals surface area contributed by atoms with Crippen LogP contribution >= 0.6 is 0 Å². The molecule has 0 unspecified atom stereocenters. The highest BCUT2D eigenvalue weighted by molar-refractivity contribution is 6.10. The highest BCUT2D eigenvalue weighted by atomic mass is 16.2. The van der Waals surface area contributed by atoms with Crippen LogP contribution in [-0.4, -0.2) is 29.5 Å². The number of amides is 2. The van der Waals surface area contributed by atoms with Gasteiger partial charge in [0, 0.05) is 24.8 Å². The molecule has 5 nitrogen and oxygen atoms in total. The second-order valence-electron chi connectivity index (χ2n) is 6.86. The van der Waals surface area contributed by atoms with Gasteiger partial charge in [0.05, 0.1) is 0 Å². The van der Waals surface area contributed by atoms with Crippen LogP contribution in [-0.2, 0) is 16.1 Å². The van der Waals surface area contributed by atoms with Crippen molar-refractivity contribution in [2.75, 3.05) is 12.4 Å². The van der Waals surface area contributed by atoms with Crippen LogP contribution in [0, 0.1) is 5.41 Å². The molecule has 0 fully saturated rings. The Hall–Kier alpha value is -2.95. The monoisotopic (exact) mass is 352 g/mol. The first-order valence-corrected chi connectivity index (χ1v) is 8.44. The summed E-state index contributed by atoms with van der Waals surface area (Å²) in [5, 5.41) is 2.74. The number of rotatable bonds is 6. The molecule has 2 aromatic carbocycles. The molecule has 0 bridgehead atoms. The quantitative estimate of drug-likeness (QED) is 0.639. The van der Waals surface area contributed by atoms with E-state index in [9.17, 15) is 14.4 Å². The van der Waals surface area contributed by atoms with Gasteiger partial charge in [-0.15, -0.1) is 0 Å². The van der Waals surface area contributed by atoms with E-state index in [0.717, 1.165) is 5.56 Å². The van der Waals surface area contributed by atoms with E-state index in [4.69, 9.17) is 0 Å². The molecule has 5 heteroatoms. The first-order chi connectivity index (χ1) is 12.2. The number of hydrogen-bond acceptors (Lipinski definition) is 3. The van der Waals surface area contributed by atoms with Gasteiger partial charge < -0.3 is 10.2 Å². The Morgan fingerprint density at radius 1 is 1.00 bits per heavy atom. The Balaban J connectivity index is 2.09. The van der Waals surface area contributed by atoms with E-state index in [1.54, 1.807) is 50.1 Å². The summed E-state index contributed by atoms with van der Waals surface area (Å²) in [6.07, 6.45) is 0. The van der Waals surface area contributed by atoms with Gasteiger partial charge in [0.1, 0.15) is 5.41 Å². The van der Waals surface area contributed by atoms with Crippen LogP contribution in [0.1, 0.15) is 36.7 Å². The van der Waals surface area contributed by atoms with Crippen molar-refractivity contribution in [2.45, 2.75) is 27.3 Å². The number of nitrogens with one attached hydrogen (secondary N) is 1. The number of nitrogens with zero attached hydrogens (tertiary/aromatic N) is 1. The lowest BCUT2D eigenvalue weighted by molar-refractivity contribution is -0.145. The maximum Gasteiger partial charge on any atom is 0.239 e. The average molecular weight is 352 g/mol. The van der Waals surface area contributed by atoms with Crippen molar-refractivity contribution in [3.05, 3.63) is 65.7 Å². The normalized spacial score (nSPS) is 10.9. The van der Waals surface area contributed by atoms with Crippen molar-refractivity contribution in [3.8, 4) is 0 Å². The van der Waals surface area contributed by atoms with Gasteiger partial charge in [-0.3, -0.25) is 14.4 Å². The molecule has 136 valence electrons. The second kappa shape index (κ2) is 7.95. The van der Waals surface area contributed by atoms with Crippen LogP contribution in [0.2, 0.25) is 0 Å². The maximum atomic E-state index is 12.8. The molecular formula is C21H24N2O3. The minimum Gasteiger partial charge on any atom is -0.341 e. The molecule has 26 heavy (non-hydrogen) atoms. The first-order valence-electron chi connectivity index (χ1n) is 8.44. The van der Waals surface area contributed by atoms with Crippen LogP contribution in [0.5, 0.6) is 0 Å². The number of hydrogen-bond donors (Lipinski definition) is 1. The molecule has 0 saturated heterocycles. The van der Waals surface area contributed by atoms with E-state index in [-0.39, 0.29) is 11.7 Å². The van der Waals surface area contributed by atoms with Crippen LogP contribution in [0.4, 0.5) is 5.69 Å². The summed E-state index contributed by atoms with van der Waals surface area (Å²) in [7, 11) is 1.68. The van der Waals surface area contributed by atoms with E-state index < -0.39 is 11.3 Å². The number of anilines is 1. The number of ketones is 1. The van der Waals surface area contributed by atoms with Crippen LogP contribution < -0.4 is 5.32 Å². The molecule has 0 aliphatic carbocycles. The van der Waals surface area contributed by atoms with E-state index >= 15 is 0 Å². The van der Waals surface area contributed by atoms with Gasteiger partial charge >= 0.3 is 0 Å². The summed E-state index contributed by atoms with van der Waals surface area (Å²) in [6.45, 7) is 5.09. The van der Waals surface area contributed by atoms with Crippen molar-refractivity contribution >= 4 is 23.3 Å². The minimum absolute atomic E-state index is 0.0842. The largest absolute Gasteiger partial charge is 0.341 e. The molecule has 0 atom stereocenters. The van der Waals surface area contributed by atoms with E-state index in [1.807, 2.05) is 30.3 Å². The molecular weight excluding hydrogens is 328 g/mol. The summed E-state index contributed by atoms with van der Waals surface area (Å²) in [5.74, 6) is -0.774. The molecule has 2 amide bonds. The van der Waals surface area contributed by atoms with E-state index in [0.29, 0.717) is 17.8 Å². The lowest BCUT2D eigenvalue weighted by atomic mass is 9.90. The van der Waals surface area contributed by atoms with Gasteiger partial charge in [-0.05, 0) is 38.5 Å². The molecule has 0 aromatic heterocycles. The highest BCUT2D eigenvalue weighted by Crippen LogP contribution is 2.23. The Bertz CT molecular complexity index is 813. The molecule has 0 heterocycles. The first kappa shape index (κ1) is 19.4. The SMILES string of the molecule is CC(=O)c1cccc(NC(=O)C(C)(C)C(=O)N(C)Cc2ccccc2)c1. The molecule has 2 rings (SSSR count).